The Balaban J connectivity index is 1.44. The summed E-state index contributed by atoms with van der Waals surface area (Å²) in [6.45, 7) is 3.44. The molecule has 1 aliphatic heterocycles. The zero-order valence-corrected chi connectivity index (χ0v) is 22.4. The summed E-state index contributed by atoms with van der Waals surface area (Å²) in [4.78, 5) is 47.7. The highest BCUT2D eigenvalue weighted by molar-refractivity contribution is 7.89. The Morgan fingerprint density at radius 1 is 1.10 bits per heavy atom. The normalized spacial score (nSPS) is 17.5. The largest absolute Gasteiger partial charge is 0.344 e. The van der Waals surface area contributed by atoms with E-state index in [9.17, 15) is 27.2 Å². The van der Waals surface area contributed by atoms with Crippen molar-refractivity contribution < 1.29 is 27.2 Å². The van der Waals surface area contributed by atoms with E-state index in [0.29, 0.717) is 23.9 Å². The van der Waals surface area contributed by atoms with Crippen LogP contribution in [0.5, 0.6) is 0 Å². The first-order valence-electron chi connectivity index (χ1n) is 12.7. The maximum Gasteiger partial charge on any atom is 0.272 e. The summed E-state index contributed by atoms with van der Waals surface area (Å²) in [6.07, 6.45) is 2.21. The van der Waals surface area contributed by atoms with E-state index in [2.05, 4.69) is 20.6 Å². The molecule has 0 aliphatic carbocycles. The number of halogens is 1. The Labute approximate surface area is 226 Å². The zero-order valence-electron chi connectivity index (χ0n) is 21.6. The summed E-state index contributed by atoms with van der Waals surface area (Å²) in [6, 6.07) is 9.62. The van der Waals surface area contributed by atoms with Crippen LogP contribution in [0.25, 0.3) is 11.0 Å². The molecule has 10 nitrogen and oxygen atoms in total. The predicted molar refractivity (Wildman–Crippen MR) is 142 cm³/mol. The highest BCUT2D eigenvalue weighted by atomic mass is 32.2. The van der Waals surface area contributed by atoms with Crippen molar-refractivity contribution >= 4 is 38.7 Å². The van der Waals surface area contributed by atoms with Gasteiger partial charge >= 0.3 is 0 Å². The zero-order chi connectivity index (χ0) is 28.2. The number of rotatable bonds is 8. The third-order valence-electron chi connectivity index (χ3n) is 6.40. The standard InChI is InChI=1S/C27H30FN5O5S/c1-17(2)14-23(32-27(36)24-15-29-20-6-3-4-7-21(20)30-24)26(35)31-22-8-5-13-33(16-25(22)34)39(37,38)19-11-9-18(28)10-12-19/h3-4,6-7,9-12,15,17,22-23H,5,8,13-14,16H2,1-2H3,(H,31,35)(H,32,36)/t22?,23-/m0/s1. The SMILES string of the molecule is CC(C)C[C@H](NC(=O)c1cnc2ccccc2n1)C(=O)NC1CCCN(S(=O)(=O)c2ccc(F)cc2)CC1=O. The van der Waals surface area contributed by atoms with Gasteiger partial charge in [0.15, 0.2) is 5.78 Å². The summed E-state index contributed by atoms with van der Waals surface area (Å²) >= 11 is 0. The van der Waals surface area contributed by atoms with Gasteiger partial charge in [-0.1, -0.05) is 26.0 Å². The number of Topliss-reactive ketones (excluding diaryl/α,β-unsaturated/α-hetero) is 1. The van der Waals surface area contributed by atoms with Crippen LogP contribution in [-0.2, 0) is 19.6 Å². The number of para-hydroxylation sites is 2. The second-order valence-corrected chi connectivity index (χ2v) is 11.8. The lowest BCUT2D eigenvalue weighted by atomic mass is 10.0. The molecule has 1 aromatic heterocycles. The van der Waals surface area contributed by atoms with E-state index in [1.807, 2.05) is 19.9 Å². The van der Waals surface area contributed by atoms with Crippen LogP contribution in [0.15, 0.2) is 59.6 Å². The summed E-state index contributed by atoms with van der Waals surface area (Å²) in [5.41, 5.74) is 1.23. The van der Waals surface area contributed by atoms with Crippen molar-refractivity contribution in [1.82, 2.24) is 24.9 Å². The van der Waals surface area contributed by atoms with E-state index < -0.39 is 52.1 Å². The molecule has 206 valence electrons. The number of sulfonamides is 1. The third kappa shape index (κ3) is 6.82. The first-order chi connectivity index (χ1) is 18.5. The maximum absolute atomic E-state index is 13.3. The molecule has 1 fully saturated rings. The molecule has 2 amide bonds. The van der Waals surface area contributed by atoms with Crippen molar-refractivity contribution in [1.29, 1.82) is 0 Å². The first-order valence-corrected chi connectivity index (χ1v) is 14.1. The van der Waals surface area contributed by atoms with Gasteiger partial charge in [0.05, 0.1) is 34.7 Å². The van der Waals surface area contributed by atoms with Crippen molar-refractivity contribution in [2.24, 2.45) is 5.92 Å². The fraction of sp³-hybridized carbons (Fsp3) is 0.370. The second-order valence-electron chi connectivity index (χ2n) is 9.86. The van der Waals surface area contributed by atoms with Crippen molar-refractivity contribution in [3.05, 3.63) is 66.2 Å². The molecule has 2 heterocycles. The minimum atomic E-state index is -4.02. The van der Waals surface area contributed by atoms with Gasteiger partial charge in [-0.3, -0.25) is 19.4 Å². The third-order valence-corrected chi connectivity index (χ3v) is 8.26. The predicted octanol–water partition coefficient (Wildman–Crippen LogP) is 2.45. The Kier molecular flexibility index (Phi) is 8.66. The van der Waals surface area contributed by atoms with Gasteiger partial charge in [0.2, 0.25) is 15.9 Å². The van der Waals surface area contributed by atoms with Gasteiger partial charge in [-0.15, -0.1) is 0 Å². The van der Waals surface area contributed by atoms with Crippen LogP contribution in [0.2, 0.25) is 0 Å². The highest BCUT2D eigenvalue weighted by Crippen LogP contribution is 2.20. The lowest BCUT2D eigenvalue weighted by Crippen LogP contribution is -2.52. The van der Waals surface area contributed by atoms with Gasteiger partial charge in [0.1, 0.15) is 17.6 Å². The van der Waals surface area contributed by atoms with E-state index in [1.54, 1.807) is 18.2 Å². The average molecular weight is 556 g/mol. The Morgan fingerprint density at radius 2 is 1.79 bits per heavy atom. The topological polar surface area (TPSA) is 138 Å². The fourth-order valence-electron chi connectivity index (χ4n) is 4.38. The number of benzene rings is 2. The van der Waals surface area contributed by atoms with Crippen LogP contribution in [0.3, 0.4) is 0 Å². The van der Waals surface area contributed by atoms with Crippen LogP contribution in [0.1, 0.15) is 43.6 Å². The molecule has 2 N–H and O–H groups in total. The van der Waals surface area contributed by atoms with Gasteiger partial charge < -0.3 is 10.6 Å². The molecule has 2 atom stereocenters. The van der Waals surface area contributed by atoms with Crippen LogP contribution in [0.4, 0.5) is 4.39 Å². The quantitative estimate of drug-likeness (QED) is 0.435. The fourth-order valence-corrected chi connectivity index (χ4v) is 5.83. The van der Waals surface area contributed by atoms with Gasteiger partial charge in [0, 0.05) is 6.54 Å². The minimum Gasteiger partial charge on any atom is -0.344 e. The molecule has 0 spiro atoms. The molecular formula is C27H30FN5O5S. The van der Waals surface area contributed by atoms with Gasteiger partial charge in [0.25, 0.3) is 5.91 Å². The lowest BCUT2D eigenvalue weighted by molar-refractivity contribution is -0.129. The number of nitrogens with one attached hydrogen (secondary N) is 2. The molecule has 0 bridgehead atoms. The molecule has 1 unspecified atom stereocenters. The molecular weight excluding hydrogens is 525 g/mol. The first kappa shape index (κ1) is 28.2. The van der Waals surface area contributed by atoms with E-state index >= 15 is 0 Å². The van der Waals surface area contributed by atoms with Gasteiger partial charge in [-0.05, 0) is 61.6 Å². The minimum absolute atomic E-state index is 0.0462. The number of ketones is 1. The summed E-state index contributed by atoms with van der Waals surface area (Å²) in [7, 11) is -4.02. The van der Waals surface area contributed by atoms with E-state index in [4.69, 9.17) is 0 Å². The Hall–Kier alpha value is -3.77. The number of nitrogens with zero attached hydrogens (tertiary/aromatic N) is 3. The van der Waals surface area contributed by atoms with Crippen molar-refractivity contribution in [2.75, 3.05) is 13.1 Å². The van der Waals surface area contributed by atoms with Crippen LogP contribution in [-0.4, -0.2) is 65.5 Å². The number of hydrogen-bond acceptors (Lipinski definition) is 7. The smallest absolute Gasteiger partial charge is 0.272 e. The molecule has 1 aliphatic rings. The van der Waals surface area contributed by atoms with E-state index in [-0.39, 0.29) is 29.5 Å². The Morgan fingerprint density at radius 3 is 2.49 bits per heavy atom. The summed E-state index contributed by atoms with van der Waals surface area (Å²) in [5, 5.41) is 5.42. The molecule has 2 aromatic carbocycles. The average Bonchev–Trinajstić information content (AvgIpc) is 3.09. The number of aromatic nitrogens is 2. The monoisotopic (exact) mass is 555 g/mol. The molecule has 12 heteroatoms. The molecule has 0 radical (unpaired) electrons. The van der Waals surface area contributed by atoms with Crippen LogP contribution < -0.4 is 10.6 Å². The number of carbonyl (C=O) groups excluding carboxylic acids is 3. The van der Waals surface area contributed by atoms with Crippen LogP contribution >= 0.6 is 0 Å². The van der Waals surface area contributed by atoms with Crippen molar-refractivity contribution in [3.8, 4) is 0 Å². The number of fused-ring (bicyclic) bond motifs is 1. The van der Waals surface area contributed by atoms with E-state index in [1.165, 1.54) is 6.20 Å². The number of carbonyl (C=O) groups is 3. The van der Waals surface area contributed by atoms with Crippen molar-refractivity contribution in [3.63, 3.8) is 0 Å². The summed E-state index contributed by atoms with van der Waals surface area (Å²) in [5.74, 6) is -2.11. The molecule has 1 saturated heterocycles. The van der Waals surface area contributed by atoms with Crippen LogP contribution in [0, 0.1) is 11.7 Å². The molecule has 3 aromatic rings. The molecule has 0 saturated carbocycles. The Bertz CT molecular complexity index is 1480. The number of amides is 2. The molecule has 39 heavy (non-hydrogen) atoms. The van der Waals surface area contributed by atoms with Crippen molar-refractivity contribution in [2.45, 2.75) is 50.1 Å². The highest BCUT2D eigenvalue weighted by Gasteiger charge is 2.34. The lowest BCUT2D eigenvalue weighted by Gasteiger charge is -2.23. The maximum atomic E-state index is 13.3. The van der Waals surface area contributed by atoms with Gasteiger partial charge in [-0.2, -0.15) is 4.31 Å². The second kappa shape index (κ2) is 12.0. The number of hydrogen-bond donors (Lipinski definition) is 2. The van der Waals surface area contributed by atoms with Gasteiger partial charge in [-0.25, -0.2) is 17.8 Å². The summed E-state index contributed by atoms with van der Waals surface area (Å²) < 4.78 is 40.3. The molecule has 4 rings (SSSR count). The van der Waals surface area contributed by atoms with E-state index in [0.717, 1.165) is 28.6 Å².